The molecule has 29 heavy (non-hydrogen) atoms. The van der Waals surface area contributed by atoms with Gasteiger partial charge in [0, 0.05) is 35.9 Å². The largest absolute Gasteiger partial charge is 0.381 e. The highest BCUT2D eigenvalue weighted by atomic mass is 32.1. The average molecular weight is 414 g/mol. The number of nitrogens with one attached hydrogen (secondary N) is 1. The fourth-order valence-corrected chi connectivity index (χ4v) is 4.75. The normalized spacial score (nSPS) is 17.2. The molecule has 0 bridgehead atoms. The smallest absolute Gasteiger partial charge is 0.267 e. The van der Waals surface area contributed by atoms with Crippen molar-refractivity contribution in [3.05, 3.63) is 34.2 Å². The van der Waals surface area contributed by atoms with E-state index in [0.717, 1.165) is 53.5 Å². The predicted octanol–water partition coefficient (Wildman–Crippen LogP) is 4.09. The van der Waals surface area contributed by atoms with Crippen molar-refractivity contribution in [3.63, 3.8) is 0 Å². The lowest BCUT2D eigenvalue weighted by Crippen LogP contribution is -2.18. The summed E-state index contributed by atoms with van der Waals surface area (Å²) in [5.41, 5.74) is 1.70. The molecule has 1 saturated heterocycles. The molecule has 3 aromatic heterocycles. The Hall–Kier alpha value is -2.32. The molecular weight excluding hydrogens is 386 g/mol. The Morgan fingerprint density at radius 1 is 1.34 bits per heavy atom. The van der Waals surface area contributed by atoms with Crippen molar-refractivity contribution < 1.29 is 9.53 Å². The second-order valence-electron chi connectivity index (χ2n) is 8.70. The summed E-state index contributed by atoms with van der Waals surface area (Å²) in [5.74, 6) is 1.81. The molecule has 0 radical (unpaired) electrons. The molecular formula is C21H27N5O2S. The van der Waals surface area contributed by atoms with E-state index in [1.54, 1.807) is 6.20 Å². The Morgan fingerprint density at radius 2 is 2.14 bits per heavy atom. The summed E-state index contributed by atoms with van der Waals surface area (Å²) in [7, 11) is 0. The molecule has 7 nitrogen and oxygen atoms in total. The Bertz CT molecular complexity index is 1060. The van der Waals surface area contributed by atoms with Gasteiger partial charge in [-0.05, 0) is 25.8 Å². The van der Waals surface area contributed by atoms with Crippen molar-refractivity contribution in [3.8, 4) is 0 Å². The Morgan fingerprint density at radius 3 is 2.83 bits per heavy atom. The topological polar surface area (TPSA) is 81.9 Å². The third-order valence-corrected chi connectivity index (χ3v) is 6.45. The maximum absolute atomic E-state index is 13.1. The summed E-state index contributed by atoms with van der Waals surface area (Å²) in [6, 6.07) is 1.83. The van der Waals surface area contributed by atoms with Gasteiger partial charge in [-0.2, -0.15) is 5.10 Å². The van der Waals surface area contributed by atoms with Gasteiger partial charge < -0.3 is 10.1 Å². The number of hydrogen-bond acceptors (Lipinski definition) is 6. The number of rotatable bonds is 4. The van der Waals surface area contributed by atoms with Crippen LogP contribution in [-0.4, -0.2) is 38.9 Å². The molecule has 154 valence electrons. The highest BCUT2D eigenvalue weighted by Crippen LogP contribution is 2.33. The van der Waals surface area contributed by atoms with E-state index in [4.69, 9.17) is 14.7 Å². The van der Waals surface area contributed by atoms with E-state index < -0.39 is 0 Å². The molecule has 0 spiro atoms. The number of carbonyl (C=O) groups is 1. The number of anilines is 1. The van der Waals surface area contributed by atoms with Gasteiger partial charge in [0.2, 0.25) is 0 Å². The molecule has 1 fully saturated rings. The SMILES string of the molecule is Cc1nc(C(C)(C)C)nc2sc(C(=O)Nc3ccnn3CC3CCOC3)c(C)c12. The van der Waals surface area contributed by atoms with Gasteiger partial charge in [-0.1, -0.05) is 20.8 Å². The van der Waals surface area contributed by atoms with Gasteiger partial charge in [0.15, 0.2) is 0 Å². The molecule has 1 unspecified atom stereocenters. The minimum atomic E-state index is -0.143. The summed E-state index contributed by atoms with van der Waals surface area (Å²) >= 11 is 1.42. The zero-order chi connectivity index (χ0) is 20.8. The van der Waals surface area contributed by atoms with Crippen LogP contribution in [0.25, 0.3) is 10.2 Å². The van der Waals surface area contributed by atoms with E-state index >= 15 is 0 Å². The summed E-state index contributed by atoms with van der Waals surface area (Å²) in [6.45, 7) is 12.5. The maximum Gasteiger partial charge on any atom is 0.267 e. The summed E-state index contributed by atoms with van der Waals surface area (Å²) in [5, 5.41) is 8.38. The zero-order valence-electron chi connectivity index (χ0n) is 17.6. The molecule has 1 aliphatic rings. The number of carbonyl (C=O) groups excluding carboxylic acids is 1. The van der Waals surface area contributed by atoms with E-state index in [0.29, 0.717) is 16.6 Å². The Kier molecular flexibility index (Phi) is 5.16. The van der Waals surface area contributed by atoms with Crippen LogP contribution in [0.3, 0.4) is 0 Å². The van der Waals surface area contributed by atoms with Crippen molar-refractivity contribution in [2.75, 3.05) is 18.5 Å². The van der Waals surface area contributed by atoms with Crippen LogP contribution < -0.4 is 5.32 Å². The fourth-order valence-electron chi connectivity index (χ4n) is 3.62. The van der Waals surface area contributed by atoms with E-state index in [-0.39, 0.29) is 11.3 Å². The number of fused-ring (bicyclic) bond motifs is 1. The first kappa shape index (κ1) is 20.0. The third kappa shape index (κ3) is 3.91. The number of aromatic nitrogens is 4. The standard InChI is InChI=1S/C21H27N5O2S/c1-12-16-13(2)23-20(21(3,4)5)25-19(16)29-17(12)18(27)24-15-6-8-22-26(15)10-14-7-9-28-11-14/h6,8,14H,7,9-11H2,1-5H3,(H,24,27). The Labute approximate surface area is 174 Å². The molecule has 3 aromatic rings. The second-order valence-corrected chi connectivity index (χ2v) is 9.70. The summed E-state index contributed by atoms with van der Waals surface area (Å²) in [6.07, 6.45) is 2.74. The number of aryl methyl sites for hydroxylation is 2. The van der Waals surface area contributed by atoms with Crippen LogP contribution in [0.4, 0.5) is 5.82 Å². The molecule has 8 heteroatoms. The quantitative estimate of drug-likeness (QED) is 0.697. The van der Waals surface area contributed by atoms with E-state index in [1.807, 2.05) is 24.6 Å². The van der Waals surface area contributed by atoms with E-state index in [9.17, 15) is 4.79 Å². The molecule has 0 aromatic carbocycles. The van der Waals surface area contributed by atoms with Crippen molar-refractivity contribution in [2.45, 2.75) is 53.0 Å². The number of ether oxygens (including phenoxy) is 1. The van der Waals surface area contributed by atoms with Crippen molar-refractivity contribution in [2.24, 2.45) is 5.92 Å². The van der Waals surface area contributed by atoms with Crippen molar-refractivity contribution >= 4 is 33.3 Å². The van der Waals surface area contributed by atoms with Gasteiger partial charge in [0.05, 0.1) is 23.4 Å². The molecule has 1 N–H and O–H groups in total. The Balaban J connectivity index is 1.62. The van der Waals surface area contributed by atoms with Crippen LogP contribution >= 0.6 is 11.3 Å². The predicted molar refractivity (Wildman–Crippen MR) is 115 cm³/mol. The number of nitrogens with zero attached hydrogens (tertiary/aromatic N) is 4. The van der Waals surface area contributed by atoms with Crippen LogP contribution in [0.15, 0.2) is 12.3 Å². The average Bonchev–Trinajstić information content (AvgIpc) is 3.36. The summed E-state index contributed by atoms with van der Waals surface area (Å²) < 4.78 is 7.30. The van der Waals surface area contributed by atoms with Gasteiger partial charge in [0.25, 0.3) is 5.91 Å². The van der Waals surface area contributed by atoms with Crippen molar-refractivity contribution in [1.29, 1.82) is 0 Å². The lowest BCUT2D eigenvalue weighted by atomic mass is 9.95. The minimum Gasteiger partial charge on any atom is -0.381 e. The van der Waals surface area contributed by atoms with Gasteiger partial charge >= 0.3 is 0 Å². The minimum absolute atomic E-state index is 0.133. The van der Waals surface area contributed by atoms with Gasteiger partial charge in [-0.3, -0.25) is 4.79 Å². The molecule has 1 amide bonds. The van der Waals surface area contributed by atoms with Crippen LogP contribution in [0, 0.1) is 19.8 Å². The van der Waals surface area contributed by atoms with Gasteiger partial charge in [-0.15, -0.1) is 11.3 Å². The molecule has 0 saturated carbocycles. The lowest BCUT2D eigenvalue weighted by molar-refractivity contribution is 0.102. The number of thiophene rings is 1. The first-order valence-corrected chi connectivity index (χ1v) is 10.7. The second kappa shape index (κ2) is 7.50. The molecule has 4 heterocycles. The monoisotopic (exact) mass is 413 g/mol. The molecule has 1 aliphatic heterocycles. The zero-order valence-corrected chi connectivity index (χ0v) is 18.4. The van der Waals surface area contributed by atoms with Crippen molar-refractivity contribution in [1.82, 2.24) is 19.7 Å². The summed E-state index contributed by atoms with van der Waals surface area (Å²) in [4.78, 5) is 24.0. The fraction of sp³-hybridized carbons (Fsp3) is 0.524. The number of hydrogen-bond donors (Lipinski definition) is 1. The first-order valence-electron chi connectivity index (χ1n) is 9.93. The van der Waals surface area contributed by atoms with E-state index in [2.05, 4.69) is 31.2 Å². The molecule has 4 rings (SSSR count). The van der Waals surface area contributed by atoms with E-state index in [1.165, 1.54) is 11.3 Å². The van der Waals surface area contributed by atoms with Gasteiger partial charge in [0.1, 0.15) is 16.5 Å². The highest BCUT2D eigenvalue weighted by Gasteiger charge is 2.24. The van der Waals surface area contributed by atoms with Crippen LogP contribution in [0.1, 0.15) is 53.9 Å². The van der Waals surface area contributed by atoms with Crippen LogP contribution in [0.2, 0.25) is 0 Å². The number of amides is 1. The lowest BCUT2D eigenvalue weighted by Gasteiger charge is -2.16. The van der Waals surface area contributed by atoms with Crippen LogP contribution in [-0.2, 0) is 16.7 Å². The van der Waals surface area contributed by atoms with Gasteiger partial charge in [-0.25, -0.2) is 14.6 Å². The molecule has 1 atom stereocenters. The maximum atomic E-state index is 13.1. The molecule has 0 aliphatic carbocycles. The first-order chi connectivity index (χ1) is 13.7. The highest BCUT2D eigenvalue weighted by molar-refractivity contribution is 7.20. The van der Waals surface area contributed by atoms with Crippen LogP contribution in [0.5, 0.6) is 0 Å². The third-order valence-electron chi connectivity index (χ3n) is 5.26.